The number of para-hydroxylation sites is 1. The Bertz CT molecular complexity index is 1360. The summed E-state index contributed by atoms with van der Waals surface area (Å²) in [4.78, 5) is 46.0. The van der Waals surface area contributed by atoms with Crippen LogP contribution in [0.3, 0.4) is 0 Å². The van der Waals surface area contributed by atoms with Crippen molar-refractivity contribution in [2.45, 2.75) is 39.8 Å². The first-order chi connectivity index (χ1) is 16.4. The molecule has 0 spiro atoms. The molecule has 2 aromatic heterocycles. The van der Waals surface area contributed by atoms with E-state index >= 15 is 0 Å². The number of rotatable bonds is 8. The topological polar surface area (TPSA) is 101 Å². The highest BCUT2D eigenvalue weighted by Gasteiger charge is 2.29. The number of pyridine rings is 1. The summed E-state index contributed by atoms with van der Waals surface area (Å²) in [5, 5.41) is 4.41. The summed E-state index contributed by atoms with van der Waals surface area (Å²) in [7, 11) is 0. The van der Waals surface area contributed by atoms with E-state index in [-0.39, 0.29) is 29.7 Å². The normalized spacial score (nSPS) is 12.9. The molecular weight excluding hydrogens is 430 g/mol. The number of hydrogen-bond donors (Lipinski definition) is 2. The van der Waals surface area contributed by atoms with Crippen LogP contribution < -0.4 is 5.32 Å². The third-order valence-electron chi connectivity index (χ3n) is 6.04. The number of carbonyl (C=O) groups excluding carboxylic acids is 3. The molecule has 2 N–H and O–H groups in total. The van der Waals surface area contributed by atoms with Crippen molar-refractivity contribution < 1.29 is 19.1 Å². The van der Waals surface area contributed by atoms with E-state index in [1.165, 1.54) is 6.92 Å². The molecule has 0 fully saturated rings. The lowest BCUT2D eigenvalue weighted by atomic mass is 9.99. The Morgan fingerprint density at radius 3 is 2.44 bits per heavy atom. The number of ketones is 1. The molecule has 2 atom stereocenters. The quantitative estimate of drug-likeness (QED) is 0.292. The minimum atomic E-state index is -0.845. The van der Waals surface area contributed by atoms with Gasteiger partial charge in [-0.1, -0.05) is 68.8 Å². The third kappa shape index (κ3) is 4.69. The number of ether oxygens (including phenoxy) is 1. The number of hydrogen-bond acceptors (Lipinski definition) is 5. The summed E-state index contributed by atoms with van der Waals surface area (Å²) in [6, 6.07) is 17.8. The van der Waals surface area contributed by atoms with Gasteiger partial charge in [-0.05, 0) is 23.6 Å². The van der Waals surface area contributed by atoms with Gasteiger partial charge in [0.1, 0.15) is 24.0 Å². The molecule has 174 valence electrons. The summed E-state index contributed by atoms with van der Waals surface area (Å²) < 4.78 is 5.49. The standard InChI is InChI=1S/C27H27N3O4/c1-4-16(2)23(27(33)34-15-18-10-6-5-7-11-18)30-26(32)22-14-20-19-12-8-9-13-21(19)28-25(20)24(29-22)17(3)31/h5-14,16,23,28H,4,15H2,1-3H3,(H,30,32)/t16-,23-/m0/s1. The van der Waals surface area contributed by atoms with Gasteiger partial charge in [0.2, 0.25) is 0 Å². The van der Waals surface area contributed by atoms with E-state index in [4.69, 9.17) is 4.74 Å². The van der Waals surface area contributed by atoms with Crippen molar-refractivity contribution >= 4 is 39.5 Å². The van der Waals surface area contributed by atoms with E-state index in [2.05, 4.69) is 15.3 Å². The second-order valence-corrected chi connectivity index (χ2v) is 8.44. The Balaban J connectivity index is 1.63. The first-order valence-electron chi connectivity index (χ1n) is 11.3. The van der Waals surface area contributed by atoms with Crippen molar-refractivity contribution in [3.8, 4) is 0 Å². The van der Waals surface area contributed by atoms with Gasteiger partial charge >= 0.3 is 5.97 Å². The zero-order chi connectivity index (χ0) is 24.2. The van der Waals surface area contributed by atoms with Gasteiger partial charge < -0.3 is 15.0 Å². The Kier molecular flexibility index (Phi) is 6.72. The molecule has 4 aromatic rings. The van der Waals surface area contributed by atoms with Gasteiger partial charge in [0, 0.05) is 23.2 Å². The van der Waals surface area contributed by atoms with Crippen LogP contribution in [0.4, 0.5) is 0 Å². The molecule has 0 radical (unpaired) electrons. The van der Waals surface area contributed by atoms with Crippen LogP contribution in [-0.2, 0) is 16.1 Å². The van der Waals surface area contributed by atoms with E-state index in [0.717, 1.165) is 21.9 Å². The fourth-order valence-electron chi connectivity index (χ4n) is 3.92. The number of aromatic amines is 1. The second-order valence-electron chi connectivity index (χ2n) is 8.44. The molecule has 1 amide bonds. The molecule has 0 saturated heterocycles. The molecule has 0 aliphatic carbocycles. The average Bonchev–Trinajstić information content (AvgIpc) is 3.23. The van der Waals surface area contributed by atoms with E-state index in [1.54, 1.807) is 6.07 Å². The fraction of sp³-hybridized carbons (Fsp3) is 0.259. The fourth-order valence-corrected chi connectivity index (χ4v) is 3.92. The SMILES string of the molecule is CC[C@H](C)[C@H](NC(=O)c1cc2c([nH]c3ccccc32)c(C(C)=O)n1)C(=O)OCc1ccccc1. The van der Waals surface area contributed by atoms with Gasteiger partial charge in [-0.2, -0.15) is 0 Å². The maximum absolute atomic E-state index is 13.2. The highest BCUT2D eigenvalue weighted by Crippen LogP contribution is 2.28. The summed E-state index contributed by atoms with van der Waals surface area (Å²) in [6.07, 6.45) is 0.666. The van der Waals surface area contributed by atoms with E-state index in [9.17, 15) is 14.4 Å². The highest BCUT2D eigenvalue weighted by molar-refractivity contribution is 6.15. The predicted molar refractivity (Wildman–Crippen MR) is 131 cm³/mol. The first-order valence-corrected chi connectivity index (χ1v) is 11.3. The minimum Gasteiger partial charge on any atom is -0.459 e. The van der Waals surface area contributed by atoms with Crippen LogP contribution >= 0.6 is 0 Å². The first kappa shape index (κ1) is 23.2. The van der Waals surface area contributed by atoms with Gasteiger partial charge in [0.15, 0.2) is 5.78 Å². The number of nitrogens with one attached hydrogen (secondary N) is 2. The molecule has 2 aromatic carbocycles. The van der Waals surface area contributed by atoms with E-state index in [1.807, 2.05) is 68.4 Å². The third-order valence-corrected chi connectivity index (χ3v) is 6.04. The number of benzene rings is 2. The maximum Gasteiger partial charge on any atom is 0.329 e. The minimum absolute atomic E-state index is 0.0756. The van der Waals surface area contributed by atoms with Crippen LogP contribution in [0.2, 0.25) is 0 Å². The number of fused-ring (bicyclic) bond motifs is 3. The summed E-state index contributed by atoms with van der Waals surface area (Å²) in [5.41, 5.74) is 2.56. The van der Waals surface area contributed by atoms with Crippen molar-refractivity contribution in [3.63, 3.8) is 0 Å². The predicted octanol–water partition coefficient (Wildman–Crippen LogP) is 4.81. The molecule has 0 saturated carbocycles. The Labute approximate surface area is 197 Å². The van der Waals surface area contributed by atoms with Crippen LogP contribution in [0.15, 0.2) is 60.7 Å². The Hall–Kier alpha value is -4.00. The molecule has 0 bridgehead atoms. The zero-order valence-electron chi connectivity index (χ0n) is 19.4. The Morgan fingerprint density at radius 2 is 1.74 bits per heavy atom. The molecule has 0 unspecified atom stereocenters. The number of carbonyl (C=O) groups is 3. The number of nitrogens with zero attached hydrogens (tertiary/aromatic N) is 1. The van der Waals surface area contributed by atoms with Crippen LogP contribution in [0, 0.1) is 5.92 Å². The number of aromatic nitrogens is 2. The number of H-pyrrole nitrogens is 1. The lowest BCUT2D eigenvalue weighted by Crippen LogP contribution is -2.46. The molecule has 7 heteroatoms. The molecule has 7 nitrogen and oxygen atoms in total. The van der Waals surface area contributed by atoms with Crippen LogP contribution in [-0.4, -0.2) is 33.7 Å². The van der Waals surface area contributed by atoms with Crippen LogP contribution in [0.25, 0.3) is 21.8 Å². The van der Waals surface area contributed by atoms with Crippen molar-refractivity contribution in [3.05, 3.63) is 77.6 Å². The number of Topliss-reactive ketones (excluding diaryl/α,β-unsaturated/α-hetero) is 1. The van der Waals surface area contributed by atoms with Crippen molar-refractivity contribution in [2.24, 2.45) is 5.92 Å². The van der Waals surface area contributed by atoms with Crippen molar-refractivity contribution in [1.82, 2.24) is 15.3 Å². The van der Waals surface area contributed by atoms with Crippen molar-refractivity contribution in [2.75, 3.05) is 0 Å². The molecular formula is C27H27N3O4. The van der Waals surface area contributed by atoms with Gasteiger partial charge in [-0.3, -0.25) is 9.59 Å². The molecule has 4 rings (SSSR count). The molecule has 2 heterocycles. The van der Waals surface area contributed by atoms with Crippen LogP contribution in [0.5, 0.6) is 0 Å². The highest BCUT2D eigenvalue weighted by atomic mass is 16.5. The van der Waals surface area contributed by atoms with Gasteiger partial charge in [-0.25, -0.2) is 9.78 Å². The summed E-state index contributed by atoms with van der Waals surface area (Å²) in [6.45, 7) is 5.36. The summed E-state index contributed by atoms with van der Waals surface area (Å²) >= 11 is 0. The van der Waals surface area contributed by atoms with Gasteiger partial charge in [0.25, 0.3) is 5.91 Å². The van der Waals surface area contributed by atoms with Gasteiger partial charge in [0.05, 0.1) is 5.52 Å². The van der Waals surface area contributed by atoms with Crippen molar-refractivity contribution in [1.29, 1.82) is 0 Å². The van der Waals surface area contributed by atoms with Gasteiger partial charge in [-0.15, -0.1) is 0 Å². The second kappa shape index (κ2) is 9.87. The lowest BCUT2D eigenvalue weighted by Gasteiger charge is -2.22. The Morgan fingerprint density at radius 1 is 1.03 bits per heavy atom. The smallest absolute Gasteiger partial charge is 0.329 e. The van der Waals surface area contributed by atoms with Crippen LogP contribution in [0.1, 0.15) is 53.7 Å². The average molecular weight is 458 g/mol. The zero-order valence-corrected chi connectivity index (χ0v) is 19.4. The molecule has 0 aliphatic rings. The molecule has 34 heavy (non-hydrogen) atoms. The number of esters is 1. The summed E-state index contributed by atoms with van der Waals surface area (Å²) in [5.74, 6) is -1.45. The van der Waals surface area contributed by atoms with E-state index < -0.39 is 17.9 Å². The largest absolute Gasteiger partial charge is 0.459 e. The maximum atomic E-state index is 13.2. The molecule has 0 aliphatic heterocycles. The van der Waals surface area contributed by atoms with E-state index in [0.29, 0.717) is 11.9 Å². The monoisotopic (exact) mass is 457 g/mol. The lowest BCUT2D eigenvalue weighted by molar-refractivity contribution is -0.148. The number of amides is 1.